The van der Waals surface area contributed by atoms with Crippen LogP contribution >= 0.6 is 0 Å². The van der Waals surface area contributed by atoms with E-state index in [0.29, 0.717) is 6.61 Å². The Bertz CT molecular complexity index is 399. The maximum atomic E-state index is 12.6. The summed E-state index contributed by atoms with van der Waals surface area (Å²) < 4.78 is 48.0. The van der Waals surface area contributed by atoms with Gasteiger partial charge in [-0.15, -0.1) is 0 Å². The normalized spacial score (nSPS) is 11.4. The van der Waals surface area contributed by atoms with Crippen molar-refractivity contribution in [1.29, 1.82) is 0 Å². The van der Waals surface area contributed by atoms with Gasteiger partial charge in [0.2, 0.25) is 5.88 Å². The van der Waals surface area contributed by atoms with E-state index in [1.807, 2.05) is 6.92 Å². The molecule has 0 spiro atoms. The number of rotatable bonds is 7. The van der Waals surface area contributed by atoms with E-state index in [1.54, 1.807) is 0 Å². The minimum atomic E-state index is -4.48. The number of pyridine rings is 1. The summed E-state index contributed by atoms with van der Waals surface area (Å²) in [6.07, 6.45) is -3.62. The number of nitrogen functional groups attached to an aromatic ring is 1. The third-order valence-electron chi connectivity index (χ3n) is 2.10. The lowest BCUT2D eigenvalue weighted by Gasteiger charge is -2.12. The number of hydrogen-bond acceptors (Lipinski definition) is 5. The number of halogens is 3. The van der Waals surface area contributed by atoms with Crippen molar-refractivity contribution in [3.63, 3.8) is 0 Å². The lowest BCUT2D eigenvalue weighted by atomic mass is 10.2. The average molecular weight is 279 g/mol. The molecule has 0 bridgehead atoms. The predicted molar refractivity (Wildman–Crippen MR) is 63.7 cm³/mol. The molecule has 1 aromatic rings. The van der Waals surface area contributed by atoms with Gasteiger partial charge in [-0.3, -0.25) is 0 Å². The van der Waals surface area contributed by atoms with Crippen LogP contribution in [0.15, 0.2) is 12.1 Å². The molecule has 0 saturated heterocycles. The number of ether oxygens (including phenoxy) is 2. The molecule has 1 aromatic heterocycles. The zero-order chi connectivity index (χ0) is 14.3. The van der Waals surface area contributed by atoms with Crippen molar-refractivity contribution >= 4 is 5.82 Å². The number of anilines is 1. The average Bonchev–Trinajstić information content (AvgIpc) is 2.37. The molecule has 1 rings (SSSR count). The third-order valence-corrected chi connectivity index (χ3v) is 2.10. The lowest BCUT2D eigenvalue weighted by molar-refractivity contribution is -0.137. The molecule has 19 heavy (non-hydrogen) atoms. The highest BCUT2D eigenvalue weighted by Crippen LogP contribution is 2.32. The Kier molecular flexibility index (Phi) is 5.84. The van der Waals surface area contributed by atoms with E-state index in [9.17, 15) is 13.2 Å². The molecule has 5 nitrogen and oxygen atoms in total. The van der Waals surface area contributed by atoms with E-state index in [2.05, 4.69) is 10.4 Å². The van der Waals surface area contributed by atoms with Crippen LogP contribution < -0.4 is 16.0 Å². The van der Waals surface area contributed by atoms with Gasteiger partial charge >= 0.3 is 6.18 Å². The summed E-state index contributed by atoms with van der Waals surface area (Å²) in [6, 6.07) is 1.63. The molecule has 0 aliphatic heterocycles. The Labute approximate surface area is 108 Å². The van der Waals surface area contributed by atoms with Crippen LogP contribution in [0.25, 0.3) is 0 Å². The van der Waals surface area contributed by atoms with Gasteiger partial charge in [0, 0.05) is 12.7 Å². The van der Waals surface area contributed by atoms with Crippen molar-refractivity contribution < 1.29 is 22.6 Å². The molecule has 108 valence electrons. The molecule has 8 heteroatoms. The van der Waals surface area contributed by atoms with Crippen LogP contribution in [0.4, 0.5) is 19.0 Å². The minimum absolute atomic E-state index is 0.112. The van der Waals surface area contributed by atoms with E-state index < -0.39 is 11.7 Å². The van der Waals surface area contributed by atoms with Gasteiger partial charge in [0.05, 0.1) is 12.2 Å². The topological polar surface area (TPSA) is 69.4 Å². The third kappa shape index (κ3) is 5.31. The van der Waals surface area contributed by atoms with Gasteiger partial charge in [0.15, 0.2) is 0 Å². The van der Waals surface area contributed by atoms with Crippen molar-refractivity contribution in [1.82, 2.24) is 4.98 Å². The first-order chi connectivity index (χ1) is 8.97. The predicted octanol–water partition coefficient (Wildman–Crippen LogP) is 2.19. The standard InChI is InChI=1S/C11H16F3N3O2/c1-2-3-18-4-5-19-10-7-8(11(12,13)14)6-9(16-10)17-15/h6-7H,2-5,15H2,1H3,(H,16,17). The first kappa shape index (κ1) is 15.5. The Hall–Kier alpha value is -1.54. The number of nitrogens with two attached hydrogens (primary N) is 1. The van der Waals surface area contributed by atoms with Crippen molar-refractivity contribution in [2.75, 3.05) is 25.2 Å². The van der Waals surface area contributed by atoms with Crippen molar-refractivity contribution in [2.45, 2.75) is 19.5 Å². The zero-order valence-corrected chi connectivity index (χ0v) is 10.5. The summed E-state index contributed by atoms with van der Waals surface area (Å²) in [5.74, 6) is 4.80. The minimum Gasteiger partial charge on any atom is -0.475 e. The van der Waals surface area contributed by atoms with Crippen molar-refractivity contribution in [3.8, 4) is 5.88 Å². The zero-order valence-electron chi connectivity index (χ0n) is 10.5. The number of alkyl halides is 3. The summed E-state index contributed by atoms with van der Waals surface area (Å²) in [5.41, 5.74) is 1.19. The largest absolute Gasteiger partial charge is 0.475 e. The Balaban J connectivity index is 2.67. The highest BCUT2D eigenvalue weighted by atomic mass is 19.4. The smallest absolute Gasteiger partial charge is 0.416 e. The Morgan fingerprint density at radius 3 is 2.58 bits per heavy atom. The van der Waals surface area contributed by atoms with E-state index in [0.717, 1.165) is 18.6 Å². The maximum Gasteiger partial charge on any atom is 0.416 e. The second-order valence-electron chi connectivity index (χ2n) is 3.68. The number of nitrogens with zero attached hydrogens (tertiary/aromatic N) is 1. The van der Waals surface area contributed by atoms with Gasteiger partial charge in [-0.2, -0.15) is 18.2 Å². The first-order valence-corrected chi connectivity index (χ1v) is 5.73. The number of nitrogens with one attached hydrogen (secondary N) is 1. The van der Waals surface area contributed by atoms with Crippen LogP contribution in [0.3, 0.4) is 0 Å². The fourth-order valence-corrected chi connectivity index (χ4v) is 1.27. The second kappa shape index (κ2) is 7.15. The first-order valence-electron chi connectivity index (χ1n) is 5.73. The summed E-state index contributed by atoms with van der Waals surface area (Å²) >= 11 is 0. The van der Waals surface area contributed by atoms with Gasteiger partial charge in [0.25, 0.3) is 0 Å². The fraction of sp³-hybridized carbons (Fsp3) is 0.545. The molecule has 0 aliphatic rings. The van der Waals surface area contributed by atoms with E-state index in [4.69, 9.17) is 15.3 Å². The summed E-state index contributed by atoms with van der Waals surface area (Å²) in [5, 5.41) is 0. The molecule has 0 atom stereocenters. The maximum absolute atomic E-state index is 12.6. The lowest BCUT2D eigenvalue weighted by Crippen LogP contribution is -2.14. The molecule has 0 saturated carbocycles. The van der Waals surface area contributed by atoms with Gasteiger partial charge in [-0.05, 0) is 12.5 Å². The summed E-state index contributed by atoms with van der Waals surface area (Å²) in [4.78, 5) is 3.77. The summed E-state index contributed by atoms with van der Waals surface area (Å²) in [6.45, 7) is 2.94. The number of hydrazine groups is 1. The van der Waals surface area contributed by atoms with Gasteiger partial charge in [-0.25, -0.2) is 5.84 Å². The summed E-state index contributed by atoms with van der Waals surface area (Å²) in [7, 11) is 0. The van der Waals surface area contributed by atoms with Crippen molar-refractivity contribution in [3.05, 3.63) is 17.7 Å². The molecular formula is C11H16F3N3O2. The molecule has 0 fully saturated rings. The molecule has 1 heterocycles. The van der Waals surface area contributed by atoms with Crippen molar-refractivity contribution in [2.24, 2.45) is 5.84 Å². The monoisotopic (exact) mass is 279 g/mol. The molecule has 0 amide bonds. The van der Waals surface area contributed by atoms with E-state index >= 15 is 0 Å². The molecule has 0 radical (unpaired) electrons. The Morgan fingerprint density at radius 2 is 2.00 bits per heavy atom. The second-order valence-corrected chi connectivity index (χ2v) is 3.68. The van der Waals surface area contributed by atoms with Crippen LogP contribution in [0.1, 0.15) is 18.9 Å². The van der Waals surface area contributed by atoms with Crippen LogP contribution in [-0.4, -0.2) is 24.8 Å². The van der Waals surface area contributed by atoms with E-state index in [-0.39, 0.29) is 24.9 Å². The molecule has 0 unspecified atom stereocenters. The van der Waals surface area contributed by atoms with Crippen LogP contribution in [0, 0.1) is 0 Å². The highest BCUT2D eigenvalue weighted by Gasteiger charge is 2.31. The molecule has 0 aromatic carbocycles. The van der Waals surface area contributed by atoms with E-state index in [1.165, 1.54) is 0 Å². The fourth-order valence-electron chi connectivity index (χ4n) is 1.27. The SMILES string of the molecule is CCCOCCOc1cc(C(F)(F)F)cc(NN)n1. The van der Waals surface area contributed by atoms with Crippen LogP contribution in [0.2, 0.25) is 0 Å². The molecule has 3 N–H and O–H groups in total. The van der Waals surface area contributed by atoms with Gasteiger partial charge < -0.3 is 14.9 Å². The quantitative estimate of drug-likeness (QED) is 0.455. The van der Waals surface area contributed by atoms with Gasteiger partial charge in [-0.1, -0.05) is 6.92 Å². The molecule has 0 aliphatic carbocycles. The Morgan fingerprint density at radius 1 is 1.26 bits per heavy atom. The van der Waals surface area contributed by atoms with Gasteiger partial charge in [0.1, 0.15) is 12.4 Å². The highest BCUT2D eigenvalue weighted by molar-refractivity contribution is 5.41. The molecular weight excluding hydrogens is 263 g/mol. The van der Waals surface area contributed by atoms with Crippen LogP contribution in [-0.2, 0) is 10.9 Å². The number of hydrogen-bond donors (Lipinski definition) is 2. The van der Waals surface area contributed by atoms with Crippen LogP contribution in [0.5, 0.6) is 5.88 Å². The number of aromatic nitrogens is 1.